The first kappa shape index (κ1) is 13.1. The summed E-state index contributed by atoms with van der Waals surface area (Å²) in [5.74, 6) is -0.0724. The molecule has 0 saturated carbocycles. The SMILES string of the molecule is CC#N.CON(C)C(=O)c1ncnn1C. The Hall–Kier alpha value is -1.94. The zero-order chi connectivity index (χ0) is 11.8. The summed E-state index contributed by atoms with van der Waals surface area (Å²) in [5, 5.41) is 12.2. The second kappa shape index (κ2) is 6.50. The number of aryl methyl sites for hydroxylation is 1. The third-order valence-corrected chi connectivity index (χ3v) is 1.46. The van der Waals surface area contributed by atoms with Gasteiger partial charge in [-0.1, -0.05) is 0 Å². The molecule has 7 heteroatoms. The molecule has 1 rings (SSSR count). The van der Waals surface area contributed by atoms with Crippen molar-refractivity contribution in [3.05, 3.63) is 12.2 Å². The standard InChI is InChI=1S/C6H10N4O2.C2H3N/c1-9-5(7-4-8-9)6(11)10(2)12-3;1-2-3/h4H,1-3H3;1H3. The van der Waals surface area contributed by atoms with Crippen LogP contribution in [-0.2, 0) is 11.9 Å². The molecule has 0 aromatic carbocycles. The average Bonchev–Trinajstić information content (AvgIpc) is 2.63. The van der Waals surface area contributed by atoms with Crippen molar-refractivity contribution in [1.29, 1.82) is 5.26 Å². The number of hydrogen-bond donors (Lipinski definition) is 0. The van der Waals surface area contributed by atoms with Gasteiger partial charge in [0.05, 0.1) is 13.2 Å². The summed E-state index contributed by atoms with van der Waals surface area (Å²) >= 11 is 0. The Balaban J connectivity index is 0.000000583. The van der Waals surface area contributed by atoms with Crippen molar-refractivity contribution in [2.24, 2.45) is 7.05 Å². The lowest BCUT2D eigenvalue weighted by Gasteiger charge is -2.11. The van der Waals surface area contributed by atoms with Gasteiger partial charge in [0.15, 0.2) is 0 Å². The zero-order valence-corrected chi connectivity index (χ0v) is 9.13. The first-order valence-electron chi connectivity index (χ1n) is 4.05. The van der Waals surface area contributed by atoms with Gasteiger partial charge >= 0.3 is 5.91 Å². The molecule has 1 aromatic rings. The molecule has 7 nitrogen and oxygen atoms in total. The van der Waals surface area contributed by atoms with Crippen LogP contribution < -0.4 is 0 Å². The minimum absolute atomic E-state index is 0.249. The monoisotopic (exact) mass is 211 g/mol. The third kappa shape index (κ3) is 3.74. The molecule has 1 aromatic heterocycles. The molecule has 1 amide bonds. The maximum absolute atomic E-state index is 11.3. The number of nitriles is 1. The highest BCUT2D eigenvalue weighted by atomic mass is 16.7. The van der Waals surface area contributed by atoms with Crippen LogP contribution >= 0.6 is 0 Å². The van der Waals surface area contributed by atoms with Gasteiger partial charge in [-0.3, -0.25) is 9.63 Å². The quantitative estimate of drug-likeness (QED) is 0.642. The molecule has 0 aliphatic carbocycles. The number of carbonyl (C=O) groups is 1. The maximum Gasteiger partial charge on any atom is 0.314 e. The lowest BCUT2D eigenvalue weighted by atomic mass is 10.5. The molecule has 0 N–H and O–H groups in total. The van der Waals surface area contributed by atoms with E-state index in [-0.39, 0.29) is 11.7 Å². The van der Waals surface area contributed by atoms with Crippen LogP contribution in [0.15, 0.2) is 6.33 Å². The molecule has 0 atom stereocenters. The van der Waals surface area contributed by atoms with Gasteiger partial charge in [0.2, 0.25) is 5.82 Å². The van der Waals surface area contributed by atoms with Crippen LogP contribution in [0.5, 0.6) is 0 Å². The minimum Gasteiger partial charge on any atom is -0.274 e. The van der Waals surface area contributed by atoms with Crippen molar-refractivity contribution in [2.75, 3.05) is 14.2 Å². The Morgan fingerprint density at radius 1 is 1.73 bits per heavy atom. The third-order valence-electron chi connectivity index (χ3n) is 1.46. The number of rotatable bonds is 2. The van der Waals surface area contributed by atoms with E-state index in [9.17, 15) is 4.79 Å². The number of hydroxylamine groups is 2. The van der Waals surface area contributed by atoms with Crippen LogP contribution in [0.4, 0.5) is 0 Å². The molecule has 0 aliphatic heterocycles. The molecule has 82 valence electrons. The van der Waals surface area contributed by atoms with E-state index >= 15 is 0 Å². The van der Waals surface area contributed by atoms with Crippen molar-refractivity contribution in [3.63, 3.8) is 0 Å². The fourth-order valence-electron chi connectivity index (χ4n) is 0.714. The Labute approximate surface area is 87.8 Å². The predicted molar refractivity (Wildman–Crippen MR) is 51.4 cm³/mol. The first-order chi connectivity index (χ1) is 7.08. The first-order valence-corrected chi connectivity index (χ1v) is 4.05. The highest BCUT2D eigenvalue weighted by Gasteiger charge is 2.15. The van der Waals surface area contributed by atoms with Gasteiger partial charge in [-0.25, -0.2) is 14.7 Å². The van der Waals surface area contributed by atoms with Crippen molar-refractivity contribution in [3.8, 4) is 6.07 Å². The Bertz CT molecular complexity index is 354. The van der Waals surface area contributed by atoms with E-state index in [1.807, 2.05) is 0 Å². The maximum atomic E-state index is 11.3. The Kier molecular flexibility index (Phi) is 5.66. The van der Waals surface area contributed by atoms with E-state index in [0.29, 0.717) is 0 Å². The number of aromatic nitrogens is 3. The summed E-state index contributed by atoms with van der Waals surface area (Å²) in [5.41, 5.74) is 0. The second-order valence-corrected chi connectivity index (χ2v) is 2.42. The van der Waals surface area contributed by atoms with E-state index in [1.165, 1.54) is 32.1 Å². The van der Waals surface area contributed by atoms with Gasteiger partial charge < -0.3 is 0 Å². The van der Waals surface area contributed by atoms with Crippen LogP contribution in [0.3, 0.4) is 0 Å². The van der Waals surface area contributed by atoms with Crippen molar-refractivity contribution in [1.82, 2.24) is 19.8 Å². The van der Waals surface area contributed by atoms with E-state index in [1.54, 1.807) is 13.1 Å². The van der Waals surface area contributed by atoms with Gasteiger partial charge in [0.1, 0.15) is 6.33 Å². The summed E-state index contributed by atoms with van der Waals surface area (Å²) in [6, 6.07) is 1.75. The highest BCUT2D eigenvalue weighted by Crippen LogP contribution is 1.96. The van der Waals surface area contributed by atoms with E-state index in [4.69, 9.17) is 10.1 Å². The summed E-state index contributed by atoms with van der Waals surface area (Å²) in [7, 11) is 4.56. The number of hydrogen-bond acceptors (Lipinski definition) is 5. The average molecular weight is 211 g/mol. The van der Waals surface area contributed by atoms with Crippen LogP contribution in [0.1, 0.15) is 17.5 Å². The predicted octanol–water partition coefficient (Wildman–Crippen LogP) is -0.0216. The second-order valence-electron chi connectivity index (χ2n) is 2.42. The number of nitrogens with zero attached hydrogens (tertiary/aromatic N) is 5. The molecule has 1 heterocycles. The van der Waals surface area contributed by atoms with Gasteiger partial charge in [0, 0.05) is 21.0 Å². The van der Waals surface area contributed by atoms with Gasteiger partial charge in [0.25, 0.3) is 0 Å². The van der Waals surface area contributed by atoms with Crippen molar-refractivity contribution < 1.29 is 9.63 Å². The largest absolute Gasteiger partial charge is 0.314 e. The lowest BCUT2D eigenvalue weighted by Crippen LogP contribution is -2.28. The minimum atomic E-state index is -0.322. The molecular formula is C8H13N5O2. The molecule has 0 saturated heterocycles. The fraction of sp³-hybridized carbons (Fsp3) is 0.500. The number of carbonyl (C=O) groups excluding carboxylic acids is 1. The molecule has 15 heavy (non-hydrogen) atoms. The fourth-order valence-corrected chi connectivity index (χ4v) is 0.714. The highest BCUT2D eigenvalue weighted by molar-refractivity contribution is 5.89. The lowest BCUT2D eigenvalue weighted by molar-refractivity contribution is -0.0766. The molecule has 0 aliphatic rings. The van der Waals surface area contributed by atoms with Crippen LogP contribution in [0, 0.1) is 11.3 Å². The summed E-state index contributed by atoms with van der Waals surface area (Å²) < 4.78 is 1.39. The molecule has 0 fully saturated rings. The summed E-state index contributed by atoms with van der Waals surface area (Å²) in [6.45, 7) is 1.43. The van der Waals surface area contributed by atoms with E-state index in [0.717, 1.165) is 5.06 Å². The van der Waals surface area contributed by atoms with Crippen LogP contribution in [-0.4, -0.2) is 39.9 Å². The van der Waals surface area contributed by atoms with Crippen LogP contribution in [0.25, 0.3) is 0 Å². The topological polar surface area (TPSA) is 84.0 Å². The number of amides is 1. The smallest absolute Gasteiger partial charge is 0.274 e. The van der Waals surface area contributed by atoms with Gasteiger partial charge in [-0.05, 0) is 0 Å². The van der Waals surface area contributed by atoms with Crippen molar-refractivity contribution >= 4 is 5.91 Å². The molecule has 0 unspecified atom stereocenters. The van der Waals surface area contributed by atoms with Crippen molar-refractivity contribution in [2.45, 2.75) is 6.92 Å². The van der Waals surface area contributed by atoms with E-state index < -0.39 is 0 Å². The van der Waals surface area contributed by atoms with Crippen LogP contribution in [0.2, 0.25) is 0 Å². The Morgan fingerprint density at radius 3 is 2.60 bits per heavy atom. The van der Waals surface area contributed by atoms with E-state index in [2.05, 4.69) is 10.1 Å². The zero-order valence-electron chi connectivity index (χ0n) is 9.13. The molecular weight excluding hydrogens is 198 g/mol. The molecule has 0 spiro atoms. The molecule has 0 radical (unpaired) electrons. The summed E-state index contributed by atoms with van der Waals surface area (Å²) in [4.78, 5) is 19.8. The van der Waals surface area contributed by atoms with Gasteiger partial charge in [-0.15, -0.1) is 0 Å². The molecule has 0 bridgehead atoms. The van der Waals surface area contributed by atoms with Gasteiger partial charge in [-0.2, -0.15) is 10.4 Å². The summed E-state index contributed by atoms with van der Waals surface area (Å²) in [6.07, 6.45) is 1.32. The Morgan fingerprint density at radius 2 is 2.27 bits per heavy atom. The normalized spacial score (nSPS) is 8.47.